The molecule has 142 valence electrons. The lowest BCUT2D eigenvalue weighted by atomic mass is 10.2. The molecule has 1 aromatic heterocycles. The van der Waals surface area contributed by atoms with E-state index in [-0.39, 0.29) is 23.1 Å². The Bertz CT molecular complexity index is 970. The molecule has 0 aliphatic rings. The van der Waals surface area contributed by atoms with Crippen molar-refractivity contribution in [3.63, 3.8) is 0 Å². The molecular weight excluding hydrogens is 387 g/mol. The fraction of sp³-hybridized carbons (Fsp3) is 0.300. The molecule has 3 rings (SSSR count). The number of para-hydroxylation sites is 1. The van der Waals surface area contributed by atoms with E-state index in [1.54, 1.807) is 12.1 Å². The van der Waals surface area contributed by atoms with Crippen molar-refractivity contribution in [2.24, 2.45) is 5.18 Å². The molecule has 0 fully saturated rings. The van der Waals surface area contributed by atoms with Gasteiger partial charge in [-0.05, 0) is 29.8 Å². The van der Waals surface area contributed by atoms with Crippen molar-refractivity contribution in [3.8, 4) is 11.6 Å². The van der Waals surface area contributed by atoms with Crippen molar-refractivity contribution in [2.75, 3.05) is 6.61 Å². The van der Waals surface area contributed by atoms with Gasteiger partial charge in [-0.15, -0.1) is 4.91 Å². The van der Waals surface area contributed by atoms with E-state index in [1.165, 1.54) is 4.57 Å². The average Bonchev–Trinajstić information content (AvgIpc) is 2.94. The van der Waals surface area contributed by atoms with Crippen LogP contribution in [0.4, 0.5) is 5.69 Å². The standard InChI is InChI=1S/C20H20Cl2N2O3/c1-2-3-6-11-27-16-8-5-4-7-13(16)12-24-19-14(18(23-26)20(24)25)9-10-15(21)17(19)22/h4-5,7-10,25H,2-3,6,11-12H2,1H3. The average molecular weight is 407 g/mol. The molecule has 2 aromatic carbocycles. The van der Waals surface area contributed by atoms with Gasteiger partial charge in [0, 0.05) is 10.9 Å². The van der Waals surface area contributed by atoms with Gasteiger partial charge in [0.2, 0.25) is 5.88 Å². The monoisotopic (exact) mass is 406 g/mol. The fourth-order valence-electron chi connectivity index (χ4n) is 3.07. The number of hydrogen-bond acceptors (Lipinski definition) is 4. The minimum absolute atomic E-state index is 0.0510. The van der Waals surface area contributed by atoms with Crippen LogP contribution in [0, 0.1) is 4.91 Å². The number of rotatable bonds is 8. The van der Waals surface area contributed by atoms with Gasteiger partial charge in [0.1, 0.15) is 5.75 Å². The summed E-state index contributed by atoms with van der Waals surface area (Å²) in [5, 5.41) is 14.6. The molecule has 0 bridgehead atoms. The molecule has 27 heavy (non-hydrogen) atoms. The zero-order valence-corrected chi connectivity index (χ0v) is 16.4. The highest BCUT2D eigenvalue weighted by molar-refractivity contribution is 6.45. The van der Waals surface area contributed by atoms with Crippen molar-refractivity contribution >= 4 is 39.8 Å². The van der Waals surface area contributed by atoms with E-state index in [0.29, 0.717) is 22.5 Å². The van der Waals surface area contributed by atoms with Crippen LogP contribution in [0.1, 0.15) is 31.7 Å². The molecule has 0 saturated heterocycles. The molecular formula is C20H20Cl2N2O3. The van der Waals surface area contributed by atoms with E-state index < -0.39 is 0 Å². The number of aromatic hydroxyl groups is 1. The van der Waals surface area contributed by atoms with Crippen LogP contribution in [0.5, 0.6) is 11.6 Å². The number of halogens is 2. The summed E-state index contributed by atoms with van der Waals surface area (Å²) < 4.78 is 7.45. The number of unbranched alkanes of at least 4 members (excludes halogenated alkanes) is 2. The minimum atomic E-state index is -0.245. The second kappa shape index (κ2) is 8.63. The third-order valence-electron chi connectivity index (χ3n) is 4.46. The molecule has 0 spiro atoms. The Morgan fingerprint density at radius 3 is 2.67 bits per heavy atom. The molecule has 5 nitrogen and oxygen atoms in total. The molecule has 0 aliphatic heterocycles. The first-order valence-electron chi connectivity index (χ1n) is 8.81. The molecule has 0 atom stereocenters. The predicted molar refractivity (Wildman–Crippen MR) is 110 cm³/mol. The van der Waals surface area contributed by atoms with Crippen LogP contribution in [0.15, 0.2) is 41.6 Å². The number of nitroso groups, excluding NO2 is 1. The second-order valence-corrected chi connectivity index (χ2v) is 7.06. The number of benzene rings is 2. The smallest absolute Gasteiger partial charge is 0.222 e. The van der Waals surface area contributed by atoms with E-state index in [9.17, 15) is 10.0 Å². The first kappa shape index (κ1) is 19.5. The summed E-state index contributed by atoms with van der Waals surface area (Å²) in [6.45, 7) is 3.03. The summed E-state index contributed by atoms with van der Waals surface area (Å²) in [5.41, 5.74) is 1.27. The van der Waals surface area contributed by atoms with Gasteiger partial charge in [0.05, 0.1) is 28.7 Å². The van der Waals surface area contributed by atoms with Crippen LogP contribution >= 0.6 is 23.2 Å². The maximum atomic E-state index is 11.2. The molecule has 7 heteroatoms. The van der Waals surface area contributed by atoms with E-state index in [1.807, 2.05) is 24.3 Å². The molecule has 3 aromatic rings. The normalized spacial score (nSPS) is 11.1. The Labute approximate surface area is 167 Å². The minimum Gasteiger partial charge on any atom is -0.493 e. The third kappa shape index (κ3) is 3.89. The molecule has 0 radical (unpaired) electrons. The lowest BCUT2D eigenvalue weighted by Crippen LogP contribution is -2.04. The zero-order valence-electron chi connectivity index (χ0n) is 14.9. The Balaban J connectivity index is 2.02. The summed E-state index contributed by atoms with van der Waals surface area (Å²) in [6.07, 6.45) is 3.20. The Hall–Kier alpha value is -2.24. The summed E-state index contributed by atoms with van der Waals surface area (Å²) in [7, 11) is 0. The SMILES string of the molecule is CCCCCOc1ccccc1Cn1c(O)c(N=O)c2ccc(Cl)c(Cl)c21. The number of aromatic nitrogens is 1. The van der Waals surface area contributed by atoms with Gasteiger partial charge in [-0.3, -0.25) is 0 Å². The van der Waals surface area contributed by atoms with Crippen LogP contribution in [0.3, 0.4) is 0 Å². The molecule has 0 amide bonds. The van der Waals surface area contributed by atoms with Crippen molar-refractivity contribution in [2.45, 2.75) is 32.7 Å². The van der Waals surface area contributed by atoms with Crippen LogP contribution in [-0.2, 0) is 6.54 Å². The van der Waals surface area contributed by atoms with Crippen LogP contribution < -0.4 is 4.74 Å². The predicted octanol–water partition coefficient (Wildman–Crippen LogP) is 6.67. The van der Waals surface area contributed by atoms with Crippen molar-refractivity contribution < 1.29 is 9.84 Å². The van der Waals surface area contributed by atoms with Crippen LogP contribution in [0.25, 0.3) is 10.9 Å². The summed E-state index contributed by atoms with van der Waals surface area (Å²) in [6, 6.07) is 10.8. The first-order chi connectivity index (χ1) is 13.1. The van der Waals surface area contributed by atoms with E-state index in [4.69, 9.17) is 27.9 Å². The van der Waals surface area contributed by atoms with Gasteiger partial charge in [-0.2, -0.15) is 0 Å². The molecule has 0 aliphatic carbocycles. The number of ether oxygens (including phenoxy) is 1. The highest BCUT2D eigenvalue weighted by atomic mass is 35.5. The lowest BCUT2D eigenvalue weighted by molar-refractivity contribution is 0.302. The molecule has 0 unspecified atom stereocenters. The molecule has 1 N–H and O–H groups in total. The summed E-state index contributed by atoms with van der Waals surface area (Å²) in [5.74, 6) is 0.485. The molecule has 0 saturated carbocycles. The van der Waals surface area contributed by atoms with Crippen molar-refractivity contribution in [3.05, 3.63) is 56.9 Å². The van der Waals surface area contributed by atoms with E-state index in [2.05, 4.69) is 12.1 Å². The van der Waals surface area contributed by atoms with Gasteiger partial charge in [-0.25, -0.2) is 0 Å². The third-order valence-corrected chi connectivity index (χ3v) is 5.25. The highest BCUT2D eigenvalue weighted by Crippen LogP contribution is 2.44. The van der Waals surface area contributed by atoms with Crippen molar-refractivity contribution in [1.29, 1.82) is 0 Å². The quantitative estimate of drug-likeness (QED) is 0.335. The fourth-order valence-corrected chi connectivity index (χ4v) is 3.49. The first-order valence-corrected chi connectivity index (χ1v) is 9.57. The van der Waals surface area contributed by atoms with Gasteiger partial charge in [-0.1, -0.05) is 61.2 Å². The van der Waals surface area contributed by atoms with Gasteiger partial charge < -0.3 is 14.4 Å². The highest BCUT2D eigenvalue weighted by Gasteiger charge is 2.22. The summed E-state index contributed by atoms with van der Waals surface area (Å²) in [4.78, 5) is 11.2. The maximum absolute atomic E-state index is 11.2. The zero-order chi connectivity index (χ0) is 19.4. The maximum Gasteiger partial charge on any atom is 0.222 e. The Kier molecular flexibility index (Phi) is 6.24. The van der Waals surface area contributed by atoms with Crippen molar-refractivity contribution in [1.82, 2.24) is 4.57 Å². The van der Waals surface area contributed by atoms with Crippen LogP contribution in [0.2, 0.25) is 10.0 Å². The summed E-state index contributed by atoms with van der Waals surface area (Å²) >= 11 is 12.5. The second-order valence-electron chi connectivity index (χ2n) is 6.27. The van der Waals surface area contributed by atoms with E-state index in [0.717, 1.165) is 30.6 Å². The molecule has 1 heterocycles. The Morgan fingerprint density at radius 2 is 1.93 bits per heavy atom. The Morgan fingerprint density at radius 1 is 1.15 bits per heavy atom. The number of nitrogens with zero attached hydrogens (tertiary/aromatic N) is 2. The van der Waals surface area contributed by atoms with Gasteiger partial charge in [0.15, 0.2) is 5.69 Å². The van der Waals surface area contributed by atoms with Gasteiger partial charge in [0.25, 0.3) is 0 Å². The largest absolute Gasteiger partial charge is 0.493 e. The lowest BCUT2D eigenvalue weighted by Gasteiger charge is -2.14. The van der Waals surface area contributed by atoms with E-state index >= 15 is 0 Å². The van der Waals surface area contributed by atoms with Gasteiger partial charge >= 0.3 is 0 Å². The van der Waals surface area contributed by atoms with Crippen LogP contribution in [-0.4, -0.2) is 16.3 Å². The number of fused-ring (bicyclic) bond motifs is 1. The topological polar surface area (TPSA) is 63.8 Å². The number of hydrogen-bond donors (Lipinski definition) is 1.